The van der Waals surface area contributed by atoms with E-state index in [0.717, 1.165) is 13.1 Å². The molecule has 0 aromatic carbocycles. The van der Waals surface area contributed by atoms with E-state index in [1.54, 1.807) is 7.11 Å². The summed E-state index contributed by atoms with van der Waals surface area (Å²) in [7, 11) is 1.61. The predicted octanol–water partition coefficient (Wildman–Crippen LogP) is 0.467. The van der Waals surface area contributed by atoms with Gasteiger partial charge < -0.3 is 19.7 Å². The third kappa shape index (κ3) is 3.99. The van der Waals surface area contributed by atoms with Crippen molar-refractivity contribution in [1.29, 1.82) is 0 Å². The Balaban J connectivity index is 1.58. The molecule has 7 nitrogen and oxygen atoms in total. The maximum absolute atomic E-state index is 13.0. The Bertz CT molecular complexity index is 557. The van der Waals surface area contributed by atoms with Crippen molar-refractivity contribution in [1.82, 2.24) is 15.3 Å². The average Bonchev–Trinajstić information content (AvgIpc) is 3.01. The zero-order chi connectivity index (χ0) is 16.9. The van der Waals surface area contributed by atoms with E-state index in [1.807, 2.05) is 0 Å². The molecular formula is C16H23FN4O3. The van der Waals surface area contributed by atoms with E-state index in [1.165, 1.54) is 12.4 Å². The average molecular weight is 338 g/mol. The molecule has 1 aromatic heterocycles. The van der Waals surface area contributed by atoms with Crippen LogP contribution in [0.1, 0.15) is 6.42 Å². The standard InChI is InChI=1S/C16H23FN4O3/c1-23-3-2-18-15(22)4-11-9-24-10-12-7-21(8-14(11)12)16-19-5-13(17)6-20-16/h5-6,11-12,14H,2-4,7-10H2,1H3,(H,18,22)/t11-,12-,14+/m1/s1. The Labute approximate surface area is 140 Å². The van der Waals surface area contributed by atoms with Gasteiger partial charge in [-0.3, -0.25) is 4.79 Å². The van der Waals surface area contributed by atoms with Gasteiger partial charge in [-0.25, -0.2) is 14.4 Å². The summed E-state index contributed by atoms with van der Waals surface area (Å²) in [6.45, 7) is 3.86. The lowest BCUT2D eigenvalue weighted by Gasteiger charge is -2.32. The van der Waals surface area contributed by atoms with Crippen molar-refractivity contribution in [3.63, 3.8) is 0 Å². The van der Waals surface area contributed by atoms with Crippen LogP contribution < -0.4 is 10.2 Å². The molecule has 2 aliphatic heterocycles. The molecule has 2 aliphatic rings. The first-order valence-corrected chi connectivity index (χ1v) is 8.23. The third-order valence-electron chi connectivity index (χ3n) is 4.73. The van der Waals surface area contributed by atoms with Crippen LogP contribution in [-0.2, 0) is 14.3 Å². The van der Waals surface area contributed by atoms with Gasteiger partial charge in [0.2, 0.25) is 11.9 Å². The van der Waals surface area contributed by atoms with E-state index in [2.05, 4.69) is 20.2 Å². The summed E-state index contributed by atoms with van der Waals surface area (Å²) in [5.41, 5.74) is 0. The number of hydrogen-bond donors (Lipinski definition) is 1. The SMILES string of the molecule is COCCNC(=O)C[C@@H]1COC[C@H]2CN(c3ncc(F)cn3)C[C@@H]12. The highest BCUT2D eigenvalue weighted by Crippen LogP contribution is 2.36. The Morgan fingerprint density at radius 1 is 1.42 bits per heavy atom. The molecule has 0 unspecified atom stereocenters. The van der Waals surface area contributed by atoms with Crippen LogP contribution in [0.15, 0.2) is 12.4 Å². The number of methoxy groups -OCH3 is 1. The zero-order valence-electron chi connectivity index (χ0n) is 13.8. The van der Waals surface area contributed by atoms with Crippen molar-refractivity contribution in [2.75, 3.05) is 51.5 Å². The quantitative estimate of drug-likeness (QED) is 0.760. The number of halogens is 1. The predicted molar refractivity (Wildman–Crippen MR) is 85.0 cm³/mol. The molecule has 2 saturated heterocycles. The monoisotopic (exact) mass is 338 g/mol. The Kier molecular flexibility index (Phi) is 5.57. The molecule has 0 aliphatic carbocycles. The highest BCUT2D eigenvalue weighted by Gasteiger charge is 2.42. The summed E-state index contributed by atoms with van der Waals surface area (Å²) in [6.07, 6.45) is 2.81. The molecule has 2 fully saturated rings. The number of nitrogens with zero attached hydrogens (tertiary/aromatic N) is 3. The maximum Gasteiger partial charge on any atom is 0.225 e. The normalized spacial score (nSPS) is 26.2. The number of nitrogens with one attached hydrogen (secondary N) is 1. The van der Waals surface area contributed by atoms with Gasteiger partial charge in [0, 0.05) is 39.1 Å². The molecule has 8 heteroatoms. The molecule has 3 atom stereocenters. The minimum atomic E-state index is -0.440. The highest BCUT2D eigenvalue weighted by atomic mass is 19.1. The van der Waals surface area contributed by atoms with Crippen LogP contribution >= 0.6 is 0 Å². The molecule has 3 rings (SSSR count). The van der Waals surface area contributed by atoms with Gasteiger partial charge >= 0.3 is 0 Å². The lowest BCUT2D eigenvalue weighted by Crippen LogP contribution is -2.38. The Hall–Kier alpha value is -1.80. The minimum absolute atomic E-state index is 0.0257. The molecule has 24 heavy (non-hydrogen) atoms. The number of aromatic nitrogens is 2. The van der Waals surface area contributed by atoms with Crippen molar-refractivity contribution >= 4 is 11.9 Å². The molecule has 1 N–H and O–H groups in total. The number of rotatable bonds is 6. The van der Waals surface area contributed by atoms with Gasteiger partial charge in [-0.2, -0.15) is 0 Å². The smallest absolute Gasteiger partial charge is 0.225 e. The van der Waals surface area contributed by atoms with E-state index in [4.69, 9.17) is 9.47 Å². The first-order valence-electron chi connectivity index (χ1n) is 8.23. The van der Waals surface area contributed by atoms with E-state index in [0.29, 0.717) is 50.6 Å². The van der Waals surface area contributed by atoms with E-state index in [9.17, 15) is 9.18 Å². The number of hydrogen-bond acceptors (Lipinski definition) is 6. The maximum atomic E-state index is 13.0. The summed E-state index contributed by atoms with van der Waals surface area (Å²) in [6, 6.07) is 0. The second-order valence-corrected chi connectivity index (χ2v) is 6.37. The molecule has 1 aromatic rings. The molecule has 132 valence electrons. The van der Waals surface area contributed by atoms with Crippen LogP contribution in [-0.4, -0.2) is 62.4 Å². The fraction of sp³-hybridized carbons (Fsp3) is 0.688. The molecule has 3 heterocycles. The fourth-order valence-corrected chi connectivity index (χ4v) is 3.55. The van der Waals surface area contributed by atoms with Crippen LogP contribution in [0.4, 0.5) is 10.3 Å². The number of ether oxygens (including phenoxy) is 2. The van der Waals surface area contributed by atoms with Gasteiger partial charge in [0.25, 0.3) is 0 Å². The number of amides is 1. The van der Waals surface area contributed by atoms with Crippen LogP contribution in [0.3, 0.4) is 0 Å². The second-order valence-electron chi connectivity index (χ2n) is 6.37. The summed E-state index contributed by atoms with van der Waals surface area (Å²) in [4.78, 5) is 22.2. The Morgan fingerprint density at radius 3 is 2.96 bits per heavy atom. The third-order valence-corrected chi connectivity index (χ3v) is 4.73. The summed E-state index contributed by atoms with van der Waals surface area (Å²) >= 11 is 0. The van der Waals surface area contributed by atoms with Crippen molar-refractivity contribution in [2.45, 2.75) is 6.42 Å². The molecule has 0 radical (unpaired) electrons. The van der Waals surface area contributed by atoms with Crippen LogP contribution in [0.2, 0.25) is 0 Å². The number of carbonyl (C=O) groups excluding carboxylic acids is 1. The van der Waals surface area contributed by atoms with Crippen LogP contribution in [0.25, 0.3) is 0 Å². The molecular weight excluding hydrogens is 315 g/mol. The van der Waals surface area contributed by atoms with Crippen LogP contribution in [0.5, 0.6) is 0 Å². The van der Waals surface area contributed by atoms with Gasteiger partial charge in [0.05, 0.1) is 32.2 Å². The van der Waals surface area contributed by atoms with E-state index >= 15 is 0 Å². The fourth-order valence-electron chi connectivity index (χ4n) is 3.55. The van der Waals surface area contributed by atoms with Gasteiger partial charge in [0.15, 0.2) is 5.82 Å². The molecule has 0 bridgehead atoms. The summed E-state index contributed by atoms with van der Waals surface area (Å²) in [5, 5.41) is 2.86. The van der Waals surface area contributed by atoms with Gasteiger partial charge in [-0.1, -0.05) is 0 Å². The largest absolute Gasteiger partial charge is 0.383 e. The molecule has 1 amide bonds. The summed E-state index contributed by atoms with van der Waals surface area (Å²) < 4.78 is 23.6. The van der Waals surface area contributed by atoms with E-state index in [-0.39, 0.29) is 11.8 Å². The van der Waals surface area contributed by atoms with Crippen molar-refractivity contribution in [3.05, 3.63) is 18.2 Å². The van der Waals surface area contributed by atoms with Gasteiger partial charge in [0.1, 0.15) is 0 Å². The van der Waals surface area contributed by atoms with Crippen molar-refractivity contribution in [2.24, 2.45) is 17.8 Å². The van der Waals surface area contributed by atoms with E-state index < -0.39 is 5.82 Å². The highest BCUT2D eigenvalue weighted by molar-refractivity contribution is 5.76. The first kappa shape index (κ1) is 17.0. The second kappa shape index (κ2) is 7.85. The van der Waals surface area contributed by atoms with Crippen molar-refractivity contribution in [3.8, 4) is 0 Å². The minimum Gasteiger partial charge on any atom is -0.383 e. The van der Waals surface area contributed by atoms with Crippen molar-refractivity contribution < 1.29 is 18.7 Å². The number of carbonyl (C=O) groups is 1. The number of anilines is 1. The zero-order valence-corrected chi connectivity index (χ0v) is 13.8. The topological polar surface area (TPSA) is 76.6 Å². The van der Waals surface area contributed by atoms with Gasteiger partial charge in [-0.15, -0.1) is 0 Å². The number of fused-ring (bicyclic) bond motifs is 1. The first-order chi connectivity index (χ1) is 11.7. The lowest BCUT2D eigenvalue weighted by atomic mass is 9.81. The van der Waals surface area contributed by atoms with Gasteiger partial charge in [-0.05, 0) is 11.8 Å². The molecule has 0 saturated carbocycles. The van der Waals surface area contributed by atoms with Crippen LogP contribution in [0, 0.1) is 23.6 Å². The lowest BCUT2D eigenvalue weighted by molar-refractivity contribution is -0.124. The summed E-state index contributed by atoms with van der Waals surface area (Å²) in [5.74, 6) is 1.01. The Morgan fingerprint density at radius 2 is 2.21 bits per heavy atom. The molecule has 0 spiro atoms.